The first-order chi connectivity index (χ1) is 23.9. The highest BCUT2D eigenvalue weighted by Gasteiger charge is 2.31. The van der Waals surface area contributed by atoms with E-state index in [0.717, 1.165) is 25.0 Å². The smallest absolute Gasteiger partial charge is 0.416 e. The number of anilines is 1. The van der Waals surface area contributed by atoms with Crippen molar-refractivity contribution in [3.8, 4) is 11.1 Å². The first kappa shape index (κ1) is 36.1. The van der Waals surface area contributed by atoms with Gasteiger partial charge in [0.25, 0.3) is 5.91 Å². The van der Waals surface area contributed by atoms with Crippen LogP contribution in [0.4, 0.5) is 23.7 Å². The number of hydrogen-bond acceptors (Lipinski definition) is 4. The van der Waals surface area contributed by atoms with Crippen molar-refractivity contribution in [2.45, 2.75) is 69.8 Å². The molecule has 8 nitrogen and oxygen atoms in total. The molecule has 50 heavy (non-hydrogen) atoms. The molecule has 0 aliphatic heterocycles. The zero-order valence-corrected chi connectivity index (χ0v) is 27.6. The number of carboxylic acid groups (broad SMARTS) is 1. The van der Waals surface area contributed by atoms with Gasteiger partial charge in [0.05, 0.1) is 24.7 Å². The third kappa shape index (κ3) is 9.09. The Morgan fingerprint density at radius 2 is 1.56 bits per heavy atom. The second-order valence-electron chi connectivity index (χ2n) is 12.6. The van der Waals surface area contributed by atoms with Crippen LogP contribution in [0.5, 0.6) is 0 Å². The van der Waals surface area contributed by atoms with E-state index < -0.39 is 48.3 Å². The molecule has 4 aromatic rings. The summed E-state index contributed by atoms with van der Waals surface area (Å²) in [5, 5.41) is 23.7. The van der Waals surface area contributed by atoms with Gasteiger partial charge in [-0.3, -0.25) is 9.69 Å². The van der Waals surface area contributed by atoms with E-state index in [9.17, 15) is 32.7 Å². The van der Waals surface area contributed by atoms with Crippen LogP contribution >= 0.6 is 0 Å². The molecule has 0 radical (unpaired) electrons. The predicted octanol–water partition coefficient (Wildman–Crippen LogP) is 8.07. The van der Waals surface area contributed by atoms with Gasteiger partial charge in [-0.05, 0) is 89.9 Å². The van der Waals surface area contributed by atoms with Crippen LogP contribution in [-0.4, -0.2) is 40.8 Å². The van der Waals surface area contributed by atoms with Crippen LogP contribution in [0, 0.1) is 0 Å². The Labute approximate surface area is 289 Å². The largest absolute Gasteiger partial charge is 0.479 e. The van der Waals surface area contributed by atoms with Crippen molar-refractivity contribution >= 4 is 23.6 Å². The van der Waals surface area contributed by atoms with Crippen molar-refractivity contribution in [2.24, 2.45) is 0 Å². The topological polar surface area (TPSA) is 119 Å². The molecular weight excluding hydrogens is 647 g/mol. The van der Waals surface area contributed by atoms with Gasteiger partial charge in [-0.15, -0.1) is 0 Å². The summed E-state index contributed by atoms with van der Waals surface area (Å²) in [5.74, 6) is -1.53. The van der Waals surface area contributed by atoms with E-state index in [1.54, 1.807) is 66.4 Å². The first-order valence-electron chi connectivity index (χ1n) is 16.6. The molecule has 5 rings (SSSR count). The lowest BCUT2D eigenvalue weighted by molar-refractivity contribution is -0.146. The number of halogens is 3. The normalized spacial score (nSPS) is 14.7. The summed E-state index contributed by atoms with van der Waals surface area (Å²) >= 11 is 0. The third-order valence-corrected chi connectivity index (χ3v) is 9.09. The number of alkyl halides is 3. The molecule has 262 valence electrons. The minimum Gasteiger partial charge on any atom is -0.479 e. The number of nitrogens with one attached hydrogen (secondary N) is 2. The molecule has 0 heterocycles. The number of carbonyl (C=O) groups excluding carboxylic acids is 2. The number of aliphatic carboxylic acids is 1. The van der Waals surface area contributed by atoms with E-state index in [1.165, 1.54) is 30.9 Å². The lowest BCUT2D eigenvalue weighted by Gasteiger charge is -2.28. The molecule has 3 amide bonds. The fraction of sp³-hybridized carbons (Fsp3) is 0.308. The molecule has 11 heteroatoms. The maximum absolute atomic E-state index is 14.1. The number of aliphatic hydroxyl groups is 1. The monoisotopic (exact) mass is 687 g/mol. The summed E-state index contributed by atoms with van der Waals surface area (Å²) < 4.78 is 40.5. The van der Waals surface area contributed by atoms with Crippen molar-refractivity contribution in [3.05, 3.63) is 125 Å². The number of amides is 3. The standard InChI is InChI=1S/C39H40F3N3O5/c1-25(33-12-5-6-13-34(33)30-10-7-11-31(22-30)39(40,41)42)44-38(50)45(32-20-18-28(19-21-32)27-8-3-2-4-9-27)24-26-14-16-29(17-15-26)36(47)43-23-35(46)37(48)49/h5-7,10-22,25,27,35,46H,2-4,8-9,23-24H2,1H3,(H,43,47)(H,44,50)(H,48,49)/t25?,35-/m1/s1. The van der Waals surface area contributed by atoms with Crippen LogP contribution in [0.1, 0.15) is 83.6 Å². The van der Waals surface area contributed by atoms with Crippen LogP contribution in [0.3, 0.4) is 0 Å². The minimum atomic E-state index is -4.50. The Bertz CT molecular complexity index is 1790. The molecule has 1 aliphatic rings. The molecule has 0 saturated heterocycles. The maximum Gasteiger partial charge on any atom is 0.416 e. The van der Waals surface area contributed by atoms with Crippen molar-refractivity contribution in [3.63, 3.8) is 0 Å². The fourth-order valence-corrected chi connectivity index (χ4v) is 6.31. The van der Waals surface area contributed by atoms with E-state index in [4.69, 9.17) is 5.11 Å². The lowest BCUT2D eigenvalue weighted by atomic mass is 9.84. The SMILES string of the molecule is CC(NC(=O)N(Cc1ccc(C(=O)NC[C@@H](O)C(=O)O)cc1)c1ccc(C2CCCCC2)cc1)c1ccccc1-c1cccc(C(F)(F)F)c1. The molecule has 1 fully saturated rings. The van der Waals surface area contributed by atoms with Crippen molar-refractivity contribution in [1.82, 2.24) is 10.6 Å². The average molecular weight is 688 g/mol. The summed E-state index contributed by atoms with van der Waals surface area (Å²) in [6.45, 7) is 1.47. The van der Waals surface area contributed by atoms with Gasteiger partial charge in [0.15, 0.2) is 6.10 Å². The molecule has 2 atom stereocenters. The molecule has 1 saturated carbocycles. The van der Waals surface area contributed by atoms with E-state index >= 15 is 0 Å². The van der Waals surface area contributed by atoms with E-state index in [1.807, 2.05) is 12.1 Å². The Morgan fingerprint density at radius 1 is 0.880 bits per heavy atom. The van der Waals surface area contributed by atoms with E-state index in [-0.39, 0.29) is 12.1 Å². The number of carbonyl (C=O) groups is 3. The van der Waals surface area contributed by atoms with Gasteiger partial charge in [-0.25, -0.2) is 9.59 Å². The van der Waals surface area contributed by atoms with E-state index in [2.05, 4.69) is 22.8 Å². The van der Waals surface area contributed by atoms with Crippen molar-refractivity contribution in [2.75, 3.05) is 11.4 Å². The Hall–Kier alpha value is -5.16. The predicted molar refractivity (Wildman–Crippen MR) is 185 cm³/mol. The van der Waals surface area contributed by atoms with Crippen molar-refractivity contribution in [1.29, 1.82) is 0 Å². The molecular formula is C39H40F3N3O5. The summed E-state index contributed by atoms with van der Waals surface area (Å²) in [6.07, 6.45) is -0.355. The Morgan fingerprint density at radius 3 is 2.22 bits per heavy atom. The zero-order chi connectivity index (χ0) is 35.8. The number of carboxylic acids is 1. The number of rotatable bonds is 11. The average Bonchev–Trinajstić information content (AvgIpc) is 3.13. The Kier molecular flexibility index (Phi) is 11.6. The van der Waals surface area contributed by atoms with Gasteiger partial charge >= 0.3 is 18.2 Å². The summed E-state index contributed by atoms with van der Waals surface area (Å²) in [7, 11) is 0. The number of benzene rings is 4. The highest BCUT2D eigenvalue weighted by Crippen LogP contribution is 2.36. The molecule has 1 aliphatic carbocycles. The van der Waals surface area contributed by atoms with Gasteiger partial charge in [0, 0.05) is 11.3 Å². The van der Waals surface area contributed by atoms with Crippen LogP contribution in [0.2, 0.25) is 0 Å². The Balaban J connectivity index is 1.38. The van der Waals surface area contributed by atoms with Gasteiger partial charge in [0.2, 0.25) is 0 Å². The fourth-order valence-electron chi connectivity index (χ4n) is 6.31. The number of hydrogen-bond donors (Lipinski definition) is 4. The molecule has 4 aromatic carbocycles. The first-order valence-corrected chi connectivity index (χ1v) is 16.6. The molecule has 0 bridgehead atoms. The van der Waals surface area contributed by atoms with Crippen molar-refractivity contribution < 1.29 is 37.8 Å². The summed E-state index contributed by atoms with van der Waals surface area (Å²) in [5.41, 5.74) is 3.66. The molecule has 1 unspecified atom stereocenters. The minimum absolute atomic E-state index is 0.135. The van der Waals surface area contributed by atoms with Crippen LogP contribution in [-0.2, 0) is 17.5 Å². The number of aliphatic hydroxyl groups excluding tert-OH is 1. The molecule has 0 spiro atoms. The van der Waals surface area contributed by atoms with Gasteiger partial charge in [0.1, 0.15) is 0 Å². The lowest BCUT2D eigenvalue weighted by Crippen LogP contribution is -2.41. The second-order valence-corrected chi connectivity index (χ2v) is 12.6. The third-order valence-electron chi connectivity index (χ3n) is 9.09. The maximum atomic E-state index is 14.1. The zero-order valence-electron chi connectivity index (χ0n) is 27.6. The highest BCUT2D eigenvalue weighted by atomic mass is 19.4. The van der Waals surface area contributed by atoms with Gasteiger partial charge < -0.3 is 20.8 Å². The number of nitrogens with zero attached hydrogens (tertiary/aromatic N) is 1. The van der Waals surface area contributed by atoms with E-state index in [0.29, 0.717) is 33.9 Å². The quantitative estimate of drug-likeness (QED) is 0.127. The summed E-state index contributed by atoms with van der Waals surface area (Å²) in [4.78, 5) is 39.0. The summed E-state index contributed by atoms with van der Waals surface area (Å²) in [6, 6.07) is 25.5. The second kappa shape index (κ2) is 16.0. The number of urea groups is 1. The van der Waals surface area contributed by atoms with Gasteiger partial charge in [-0.1, -0.05) is 79.9 Å². The highest BCUT2D eigenvalue weighted by molar-refractivity contribution is 5.95. The molecule has 0 aromatic heterocycles. The van der Waals surface area contributed by atoms with Gasteiger partial charge in [-0.2, -0.15) is 13.2 Å². The van der Waals surface area contributed by atoms with Crippen LogP contribution < -0.4 is 15.5 Å². The van der Waals surface area contributed by atoms with Crippen LogP contribution in [0.25, 0.3) is 11.1 Å². The molecule has 4 N–H and O–H groups in total. The van der Waals surface area contributed by atoms with Crippen LogP contribution in [0.15, 0.2) is 97.1 Å².